The largest absolute Gasteiger partial charge is 0.439 e. The molecule has 5 nitrogen and oxygen atoms in total. The third kappa shape index (κ3) is 3.85. The number of hydrogen-bond donors (Lipinski definition) is 0. The van der Waals surface area contributed by atoms with Gasteiger partial charge in [-0.2, -0.15) is 0 Å². The van der Waals surface area contributed by atoms with Crippen LogP contribution in [0.4, 0.5) is 0 Å². The number of rotatable bonds is 5. The van der Waals surface area contributed by atoms with Crippen molar-refractivity contribution in [3.63, 3.8) is 0 Å². The molecule has 0 bridgehead atoms. The molecule has 0 unspecified atom stereocenters. The molecule has 0 atom stereocenters. The van der Waals surface area contributed by atoms with Crippen LogP contribution < -0.4 is 0 Å². The minimum absolute atomic E-state index is 0.766. The number of nitrogens with zero attached hydrogens (tertiary/aromatic N) is 4. The summed E-state index contributed by atoms with van der Waals surface area (Å²) in [5, 5.41) is 1.20. The Morgan fingerprint density at radius 1 is 0.857 bits per heavy atom. The molecule has 0 amide bonds. The van der Waals surface area contributed by atoms with Gasteiger partial charge in [-0.25, -0.2) is 9.97 Å². The van der Waals surface area contributed by atoms with Gasteiger partial charge in [0.05, 0.1) is 29.5 Å². The van der Waals surface area contributed by atoms with E-state index in [9.17, 15) is 0 Å². The summed E-state index contributed by atoms with van der Waals surface area (Å²) >= 11 is 1.80. The third-order valence-electron chi connectivity index (χ3n) is 5.13. The SMILES string of the molecule is c1ccc(-c2cnc(CN3CCN(Cc4nc5ccccc5s4)CC3)o2)cc1. The number of para-hydroxylation sites is 1. The summed E-state index contributed by atoms with van der Waals surface area (Å²) in [6.45, 7) is 5.83. The Hall–Kier alpha value is -2.54. The predicted octanol–water partition coefficient (Wildman–Crippen LogP) is 4.27. The molecule has 0 aliphatic carbocycles. The molecule has 28 heavy (non-hydrogen) atoms. The average molecular weight is 391 g/mol. The summed E-state index contributed by atoms with van der Waals surface area (Å²) < 4.78 is 7.23. The Balaban J connectivity index is 1.16. The highest BCUT2D eigenvalue weighted by molar-refractivity contribution is 7.18. The van der Waals surface area contributed by atoms with Gasteiger partial charge in [-0.3, -0.25) is 9.80 Å². The maximum atomic E-state index is 5.95. The van der Waals surface area contributed by atoms with Gasteiger partial charge in [0, 0.05) is 31.7 Å². The van der Waals surface area contributed by atoms with E-state index >= 15 is 0 Å². The molecular weight excluding hydrogens is 368 g/mol. The van der Waals surface area contributed by atoms with Crippen molar-refractivity contribution in [1.82, 2.24) is 19.8 Å². The summed E-state index contributed by atoms with van der Waals surface area (Å²) in [7, 11) is 0. The smallest absolute Gasteiger partial charge is 0.209 e. The number of hydrogen-bond acceptors (Lipinski definition) is 6. The summed E-state index contributed by atoms with van der Waals surface area (Å²) in [5.74, 6) is 1.63. The summed E-state index contributed by atoms with van der Waals surface area (Å²) in [5.41, 5.74) is 2.18. The quantitative estimate of drug-likeness (QED) is 0.509. The van der Waals surface area contributed by atoms with Crippen molar-refractivity contribution in [2.45, 2.75) is 13.1 Å². The highest BCUT2D eigenvalue weighted by Gasteiger charge is 2.20. The first-order valence-corrected chi connectivity index (χ1v) is 10.4. The van der Waals surface area contributed by atoms with Crippen molar-refractivity contribution in [3.05, 3.63) is 71.7 Å². The Kier molecular flexibility index (Phi) is 4.91. The molecule has 1 aliphatic rings. The second-order valence-corrected chi connectivity index (χ2v) is 8.23. The molecule has 0 spiro atoms. The van der Waals surface area contributed by atoms with E-state index in [0.29, 0.717) is 0 Å². The first kappa shape index (κ1) is 17.6. The predicted molar refractivity (Wildman–Crippen MR) is 112 cm³/mol. The van der Waals surface area contributed by atoms with Gasteiger partial charge < -0.3 is 4.42 Å². The molecule has 5 rings (SSSR count). The lowest BCUT2D eigenvalue weighted by Crippen LogP contribution is -2.45. The Morgan fingerprint density at radius 2 is 1.57 bits per heavy atom. The lowest BCUT2D eigenvalue weighted by atomic mass is 10.2. The molecule has 0 radical (unpaired) electrons. The number of aromatic nitrogens is 2. The Morgan fingerprint density at radius 3 is 2.36 bits per heavy atom. The van der Waals surface area contributed by atoms with Crippen molar-refractivity contribution in [1.29, 1.82) is 0 Å². The second-order valence-electron chi connectivity index (χ2n) is 7.11. The number of oxazole rings is 1. The van der Waals surface area contributed by atoms with E-state index in [1.807, 2.05) is 36.5 Å². The summed E-state index contributed by atoms with van der Waals surface area (Å²) in [4.78, 5) is 14.1. The van der Waals surface area contributed by atoms with Crippen LogP contribution in [0.3, 0.4) is 0 Å². The van der Waals surface area contributed by atoms with Crippen molar-refractivity contribution in [2.24, 2.45) is 0 Å². The molecule has 1 saturated heterocycles. The Bertz CT molecular complexity index is 1020. The van der Waals surface area contributed by atoms with Crippen LogP contribution in [0.25, 0.3) is 21.5 Å². The fraction of sp³-hybridized carbons (Fsp3) is 0.273. The van der Waals surface area contributed by atoms with Crippen LogP contribution in [-0.4, -0.2) is 45.9 Å². The molecule has 0 N–H and O–H groups in total. The van der Waals surface area contributed by atoms with Gasteiger partial charge in [0.1, 0.15) is 5.01 Å². The van der Waals surface area contributed by atoms with Gasteiger partial charge in [-0.05, 0) is 12.1 Å². The molecule has 4 aromatic rings. The summed E-state index contributed by atoms with van der Waals surface area (Å²) in [6, 6.07) is 18.5. The Labute approximate surface area is 168 Å². The van der Waals surface area contributed by atoms with Crippen LogP contribution in [0.1, 0.15) is 10.9 Å². The van der Waals surface area contributed by atoms with Crippen molar-refractivity contribution < 1.29 is 4.42 Å². The normalized spacial score (nSPS) is 16.0. The van der Waals surface area contributed by atoms with Gasteiger partial charge in [0.15, 0.2) is 5.76 Å². The van der Waals surface area contributed by atoms with Crippen LogP contribution in [0.15, 0.2) is 65.2 Å². The first-order chi connectivity index (χ1) is 13.8. The van der Waals surface area contributed by atoms with Crippen molar-refractivity contribution in [3.8, 4) is 11.3 Å². The zero-order valence-electron chi connectivity index (χ0n) is 15.6. The minimum atomic E-state index is 0.766. The minimum Gasteiger partial charge on any atom is -0.439 e. The molecule has 1 fully saturated rings. The number of piperazine rings is 1. The number of fused-ring (bicyclic) bond motifs is 1. The van der Waals surface area contributed by atoms with Crippen LogP contribution >= 0.6 is 11.3 Å². The van der Waals surface area contributed by atoms with Gasteiger partial charge in [-0.15, -0.1) is 11.3 Å². The van der Waals surface area contributed by atoms with Gasteiger partial charge in [-0.1, -0.05) is 42.5 Å². The molecular formula is C22H22N4OS. The van der Waals surface area contributed by atoms with Gasteiger partial charge in [0.25, 0.3) is 0 Å². The van der Waals surface area contributed by atoms with E-state index in [-0.39, 0.29) is 0 Å². The highest BCUT2D eigenvalue weighted by atomic mass is 32.1. The fourth-order valence-electron chi connectivity index (χ4n) is 3.59. The highest BCUT2D eigenvalue weighted by Crippen LogP contribution is 2.24. The van der Waals surface area contributed by atoms with Gasteiger partial charge >= 0.3 is 0 Å². The number of thiazole rings is 1. The molecule has 2 aromatic heterocycles. The molecule has 1 aliphatic heterocycles. The molecule has 0 saturated carbocycles. The maximum Gasteiger partial charge on any atom is 0.209 e. The lowest BCUT2D eigenvalue weighted by molar-refractivity contribution is 0.114. The van der Waals surface area contributed by atoms with E-state index in [0.717, 1.165) is 62.0 Å². The average Bonchev–Trinajstić information content (AvgIpc) is 3.36. The lowest BCUT2D eigenvalue weighted by Gasteiger charge is -2.33. The van der Waals surface area contributed by atoms with Gasteiger partial charge in [0.2, 0.25) is 5.89 Å². The third-order valence-corrected chi connectivity index (χ3v) is 6.15. The molecule has 142 valence electrons. The molecule has 3 heterocycles. The van der Waals surface area contributed by atoms with E-state index < -0.39 is 0 Å². The first-order valence-electron chi connectivity index (χ1n) is 9.63. The molecule has 6 heteroatoms. The zero-order valence-corrected chi connectivity index (χ0v) is 16.4. The van der Waals surface area contributed by atoms with Crippen molar-refractivity contribution >= 4 is 21.6 Å². The van der Waals surface area contributed by atoms with Crippen molar-refractivity contribution in [2.75, 3.05) is 26.2 Å². The van der Waals surface area contributed by atoms with Crippen LogP contribution in [0.5, 0.6) is 0 Å². The fourth-order valence-corrected chi connectivity index (χ4v) is 4.60. The van der Waals surface area contributed by atoms with E-state index in [4.69, 9.17) is 9.40 Å². The van der Waals surface area contributed by atoms with E-state index in [1.165, 1.54) is 9.71 Å². The summed E-state index contributed by atoms with van der Waals surface area (Å²) in [6.07, 6.45) is 1.83. The van der Waals surface area contributed by atoms with E-state index in [2.05, 4.69) is 39.0 Å². The number of benzene rings is 2. The zero-order chi connectivity index (χ0) is 18.8. The standard InChI is InChI=1S/C22H22N4OS/c1-2-6-17(7-3-1)19-14-23-21(27-19)15-25-10-12-26(13-11-25)16-22-24-18-8-4-5-9-20(18)28-22/h1-9,14H,10-13,15-16H2. The second kappa shape index (κ2) is 7.83. The van der Waals surface area contributed by atoms with Crippen LogP contribution in [0.2, 0.25) is 0 Å². The van der Waals surface area contributed by atoms with Crippen LogP contribution in [-0.2, 0) is 13.1 Å². The maximum absolute atomic E-state index is 5.95. The topological polar surface area (TPSA) is 45.4 Å². The molecule has 2 aromatic carbocycles. The van der Waals surface area contributed by atoms with Crippen LogP contribution in [0, 0.1) is 0 Å². The monoisotopic (exact) mass is 390 g/mol. The van der Waals surface area contributed by atoms with E-state index in [1.54, 1.807) is 11.3 Å².